The molecule has 1 aliphatic rings. The first-order valence-corrected chi connectivity index (χ1v) is 8.91. The third kappa shape index (κ3) is 4.10. The van der Waals surface area contributed by atoms with Crippen molar-refractivity contribution in [2.75, 3.05) is 5.32 Å². The number of halogens is 1. The van der Waals surface area contributed by atoms with Crippen LogP contribution in [0.2, 0.25) is 0 Å². The van der Waals surface area contributed by atoms with E-state index in [2.05, 4.69) is 10.6 Å². The summed E-state index contributed by atoms with van der Waals surface area (Å²) in [5.41, 5.74) is 3.80. The molecule has 0 heterocycles. The summed E-state index contributed by atoms with van der Waals surface area (Å²) in [6.45, 7) is 4.35. The number of carbonyl (C=O) groups excluding carboxylic acids is 2. The van der Waals surface area contributed by atoms with Crippen molar-refractivity contribution in [1.29, 1.82) is 0 Å². The molecule has 0 bridgehead atoms. The number of hydrogen-bond donors (Lipinski definition) is 2. The molecule has 0 spiro atoms. The number of amides is 2. The molecule has 26 heavy (non-hydrogen) atoms. The molecule has 1 fully saturated rings. The lowest BCUT2D eigenvalue weighted by Crippen LogP contribution is -2.27. The molecule has 0 aromatic heterocycles. The van der Waals surface area contributed by atoms with E-state index in [9.17, 15) is 14.0 Å². The molecule has 1 saturated carbocycles. The van der Waals surface area contributed by atoms with Crippen molar-refractivity contribution < 1.29 is 14.0 Å². The van der Waals surface area contributed by atoms with E-state index < -0.39 is 0 Å². The molecule has 2 amide bonds. The van der Waals surface area contributed by atoms with Gasteiger partial charge in [0, 0.05) is 12.2 Å². The maximum absolute atomic E-state index is 12.9. The van der Waals surface area contributed by atoms with Gasteiger partial charge < -0.3 is 10.6 Å². The fourth-order valence-corrected chi connectivity index (χ4v) is 3.11. The minimum Gasteiger partial charge on any atom is -0.352 e. The van der Waals surface area contributed by atoms with Gasteiger partial charge >= 0.3 is 0 Å². The minimum atomic E-state index is -0.304. The second kappa shape index (κ2) is 7.68. The van der Waals surface area contributed by atoms with Gasteiger partial charge in [-0.1, -0.05) is 37.3 Å². The van der Waals surface area contributed by atoms with E-state index in [1.807, 2.05) is 32.0 Å². The lowest BCUT2D eigenvalue weighted by molar-refractivity contribution is -0.125. The van der Waals surface area contributed by atoms with Gasteiger partial charge in [-0.15, -0.1) is 0 Å². The smallest absolute Gasteiger partial charge is 0.228 e. The number of rotatable bonds is 6. The molecule has 0 saturated heterocycles. The molecule has 2 aromatic carbocycles. The first-order valence-electron chi connectivity index (χ1n) is 8.91. The quantitative estimate of drug-likeness (QED) is 0.833. The van der Waals surface area contributed by atoms with Gasteiger partial charge in [-0.3, -0.25) is 9.59 Å². The highest BCUT2D eigenvalue weighted by Crippen LogP contribution is 2.40. The van der Waals surface area contributed by atoms with Gasteiger partial charge in [-0.05, 0) is 48.6 Å². The van der Waals surface area contributed by atoms with Crippen molar-refractivity contribution in [3.05, 3.63) is 65.0 Å². The highest BCUT2D eigenvalue weighted by molar-refractivity contribution is 6.00. The average Bonchev–Trinajstić information content (AvgIpc) is 3.43. The maximum atomic E-state index is 12.9. The van der Waals surface area contributed by atoms with Gasteiger partial charge in [-0.2, -0.15) is 0 Å². The molecular formula is C21H23FN2O2. The Kier molecular flexibility index (Phi) is 5.35. The van der Waals surface area contributed by atoms with E-state index in [0.717, 1.165) is 28.8 Å². The predicted molar refractivity (Wildman–Crippen MR) is 99.0 cm³/mol. The molecule has 136 valence electrons. The third-order valence-corrected chi connectivity index (χ3v) is 4.83. The van der Waals surface area contributed by atoms with Crippen LogP contribution < -0.4 is 10.6 Å². The molecule has 0 aliphatic heterocycles. The second-order valence-corrected chi connectivity index (χ2v) is 6.74. The molecule has 2 N–H and O–H groups in total. The number of carbonyl (C=O) groups is 2. The average molecular weight is 354 g/mol. The Bertz CT molecular complexity index is 817. The molecule has 2 atom stereocenters. The Morgan fingerprint density at radius 2 is 1.77 bits per heavy atom. The highest BCUT2D eigenvalue weighted by Gasteiger charge is 2.48. The Morgan fingerprint density at radius 1 is 1.08 bits per heavy atom. The van der Waals surface area contributed by atoms with Crippen LogP contribution in [-0.2, 0) is 22.6 Å². The standard InChI is InChI=1S/C21H23FN2O2/c1-3-15-6-4-5-13(2)19(15)24-21(26)18-11-17(18)20(25)23-12-14-7-9-16(22)10-8-14/h4-10,17-18H,3,11-12H2,1-2H3,(H,23,25)(H,24,26). The number of benzene rings is 2. The second-order valence-electron chi connectivity index (χ2n) is 6.74. The lowest BCUT2D eigenvalue weighted by atomic mass is 10.1. The number of nitrogens with one attached hydrogen (secondary N) is 2. The summed E-state index contributed by atoms with van der Waals surface area (Å²) >= 11 is 0. The van der Waals surface area contributed by atoms with Gasteiger partial charge in [0.15, 0.2) is 0 Å². The Labute approximate surface area is 152 Å². The highest BCUT2D eigenvalue weighted by atomic mass is 19.1. The molecule has 2 aromatic rings. The number of hydrogen-bond acceptors (Lipinski definition) is 2. The monoisotopic (exact) mass is 354 g/mol. The summed E-state index contributed by atoms with van der Waals surface area (Å²) in [5.74, 6) is -1.11. The topological polar surface area (TPSA) is 58.2 Å². The molecule has 2 unspecified atom stereocenters. The van der Waals surface area contributed by atoms with Crippen molar-refractivity contribution in [1.82, 2.24) is 5.32 Å². The van der Waals surface area contributed by atoms with Gasteiger partial charge in [0.25, 0.3) is 0 Å². The summed E-state index contributed by atoms with van der Waals surface area (Å²) in [6, 6.07) is 11.9. The van der Waals surface area contributed by atoms with Gasteiger partial charge in [0.2, 0.25) is 11.8 Å². The van der Waals surface area contributed by atoms with Crippen LogP contribution in [0.1, 0.15) is 30.0 Å². The summed E-state index contributed by atoms with van der Waals surface area (Å²) in [6.07, 6.45) is 1.40. The minimum absolute atomic E-state index is 0.101. The zero-order valence-electron chi connectivity index (χ0n) is 15.0. The summed E-state index contributed by atoms with van der Waals surface area (Å²) in [7, 11) is 0. The van der Waals surface area contributed by atoms with E-state index >= 15 is 0 Å². The van der Waals surface area contributed by atoms with Crippen molar-refractivity contribution >= 4 is 17.5 Å². The van der Waals surface area contributed by atoms with E-state index in [1.54, 1.807) is 12.1 Å². The molecular weight excluding hydrogens is 331 g/mol. The van der Waals surface area contributed by atoms with Crippen molar-refractivity contribution in [2.24, 2.45) is 11.8 Å². The summed E-state index contributed by atoms with van der Waals surface area (Å²) in [5, 5.41) is 5.82. The third-order valence-electron chi connectivity index (χ3n) is 4.83. The van der Waals surface area contributed by atoms with Gasteiger partial charge in [0.1, 0.15) is 5.82 Å². The number of aryl methyl sites for hydroxylation is 2. The number of anilines is 1. The fourth-order valence-electron chi connectivity index (χ4n) is 3.11. The Balaban J connectivity index is 1.54. The number of para-hydroxylation sites is 1. The van der Waals surface area contributed by atoms with Crippen molar-refractivity contribution in [3.63, 3.8) is 0 Å². The van der Waals surface area contributed by atoms with Crippen LogP contribution in [0, 0.1) is 24.6 Å². The van der Waals surface area contributed by atoms with E-state index in [-0.39, 0.29) is 29.5 Å². The van der Waals surface area contributed by atoms with Crippen molar-refractivity contribution in [3.8, 4) is 0 Å². The predicted octanol–water partition coefficient (Wildman–Crippen LogP) is 3.59. The fraction of sp³-hybridized carbons (Fsp3) is 0.333. The first-order chi connectivity index (χ1) is 12.5. The van der Waals surface area contributed by atoms with Crippen LogP contribution in [0.25, 0.3) is 0 Å². The Morgan fingerprint density at radius 3 is 2.46 bits per heavy atom. The summed E-state index contributed by atoms with van der Waals surface area (Å²) in [4.78, 5) is 24.7. The molecule has 5 heteroatoms. The van der Waals surface area contributed by atoms with Crippen LogP contribution in [0.4, 0.5) is 10.1 Å². The molecule has 0 radical (unpaired) electrons. The van der Waals surface area contributed by atoms with Crippen LogP contribution in [0.5, 0.6) is 0 Å². The van der Waals surface area contributed by atoms with E-state index in [0.29, 0.717) is 13.0 Å². The maximum Gasteiger partial charge on any atom is 0.228 e. The molecule has 1 aliphatic carbocycles. The van der Waals surface area contributed by atoms with Gasteiger partial charge in [-0.25, -0.2) is 4.39 Å². The van der Waals surface area contributed by atoms with Crippen molar-refractivity contribution in [2.45, 2.75) is 33.2 Å². The Hall–Kier alpha value is -2.69. The van der Waals surface area contributed by atoms with E-state index in [1.165, 1.54) is 12.1 Å². The first kappa shape index (κ1) is 18.1. The van der Waals surface area contributed by atoms with Crippen LogP contribution in [-0.4, -0.2) is 11.8 Å². The zero-order valence-corrected chi connectivity index (χ0v) is 15.0. The van der Waals surface area contributed by atoms with E-state index in [4.69, 9.17) is 0 Å². The van der Waals surface area contributed by atoms with Crippen LogP contribution in [0.15, 0.2) is 42.5 Å². The van der Waals surface area contributed by atoms with Crippen LogP contribution in [0.3, 0.4) is 0 Å². The van der Waals surface area contributed by atoms with Crippen LogP contribution >= 0.6 is 0 Å². The van der Waals surface area contributed by atoms with Gasteiger partial charge in [0.05, 0.1) is 11.8 Å². The normalized spacial score (nSPS) is 18.3. The SMILES string of the molecule is CCc1cccc(C)c1NC(=O)C1CC1C(=O)NCc1ccc(F)cc1. The molecule has 4 nitrogen and oxygen atoms in total. The largest absolute Gasteiger partial charge is 0.352 e. The zero-order chi connectivity index (χ0) is 18.7. The molecule has 3 rings (SSSR count). The lowest BCUT2D eigenvalue weighted by Gasteiger charge is -2.13. The summed E-state index contributed by atoms with van der Waals surface area (Å²) < 4.78 is 12.9.